The molecule has 0 radical (unpaired) electrons. The fraction of sp³-hybridized carbons (Fsp3) is 0.450. The zero-order chi connectivity index (χ0) is 20.4. The molecule has 1 aromatic carbocycles. The molecule has 2 amide bonds. The van der Waals surface area contributed by atoms with E-state index in [0.29, 0.717) is 37.0 Å². The monoisotopic (exact) mass is 407 g/mol. The van der Waals surface area contributed by atoms with Crippen LogP contribution in [0, 0.1) is 24.5 Å². The number of nitrogens with zero attached hydrogens (tertiary/aromatic N) is 3. The second kappa shape index (κ2) is 8.34. The molecule has 1 fully saturated rings. The van der Waals surface area contributed by atoms with E-state index < -0.39 is 11.6 Å². The van der Waals surface area contributed by atoms with Crippen molar-refractivity contribution in [1.82, 2.24) is 14.8 Å². The number of hydrogen-bond donors (Lipinski definition) is 0. The molecule has 0 atom stereocenters. The van der Waals surface area contributed by atoms with Crippen molar-refractivity contribution in [1.29, 1.82) is 0 Å². The van der Waals surface area contributed by atoms with Crippen molar-refractivity contribution in [2.24, 2.45) is 5.92 Å². The second-order valence-corrected chi connectivity index (χ2v) is 8.42. The number of thiazole rings is 1. The minimum atomic E-state index is -1.04. The molecule has 0 saturated carbocycles. The topological polar surface area (TPSA) is 53.5 Å². The van der Waals surface area contributed by atoms with E-state index >= 15 is 0 Å². The van der Waals surface area contributed by atoms with Crippen molar-refractivity contribution in [2.45, 2.75) is 27.2 Å². The van der Waals surface area contributed by atoms with E-state index in [9.17, 15) is 18.4 Å². The third-order valence-electron chi connectivity index (χ3n) is 4.64. The molecular weight excluding hydrogens is 384 g/mol. The van der Waals surface area contributed by atoms with Crippen molar-refractivity contribution in [3.63, 3.8) is 0 Å². The van der Waals surface area contributed by atoms with E-state index in [-0.39, 0.29) is 17.4 Å². The molecule has 28 heavy (non-hydrogen) atoms. The Balaban J connectivity index is 1.63. The average Bonchev–Trinajstić information content (AvgIpc) is 3.02. The molecule has 1 saturated heterocycles. The number of aryl methyl sites for hydroxylation is 1. The highest BCUT2D eigenvalue weighted by Crippen LogP contribution is 2.23. The third-order valence-corrected chi connectivity index (χ3v) is 5.81. The van der Waals surface area contributed by atoms with Crippen LogP contribution in [0.3, 0.4) is 0 Å². The molecule has 0 aliphatic carbocycles. The van der Waals surface area contributed by atoms with Crippen LogP contribution >= 0.6 is 11.3 Å². The zero-order valence-corrected chi connectivity index (χ0v) is 17.0. The fourth-order valence-electron chi connectivity index (χ4n) is 3.16. The van der Waals surface area contributed by atoms with Crippen LogP contribution in [0.15, 0.2) is 18.2 Å². The molecule has 0 spiro atoms. The second-order valence-electron chi connectivity index (χ2n) is 7.33. The number of carbonyl (C=O) groups excluding carboxylic acids is 2. The van der Waals surface area contributed by atoms with Crippen molar-refractivity contribution in [2.75, 3.05) is 26.2 Å². The lowest BCUT2D eigenvalue weighted by Crippen LogP contribution is -2.50. The SMILES string of the molecule is Cc1nc(CC(C)C)sc1C(=O)N1CCN(C(=O)c2ccc(F)c(F)c2)CC1. The van der Waals surface area contributed by atoms with E-state index in [1.807, 2.05) is 6.92 Å². The van der Waals surface area contributed by atoms with Crippen molar-refractivity contribution in [3.8, 4) is 0 Å². The molecule has 3 rings (SSSR count). The number of carbonyl (C=O) groups is 2. The van der Waals surface area contributed by atoms with Crippen molar-refractivity contribution >= 4 is 23.2 Å². The standard InChI is InChI=1S/C20H23F2N3O2S/c1-12(2)10-17-23-13(3)18(28-17)20(27)25-8-6-24(7-9-25)19(26)14-4-5-15(21)16(22)11-14/h4-5,11-12H,6-10H2,1-3H3. The van der Waals surface area contributed by atoms with Gasteiger partial charge in [0.05, 0.1) is 10.7 Å². The minimum Gasteiger partial charge on any atom is -0.335 e. The average molecular weight is 407 g/mol. The first kappa shape index (κ1) is 20.4. The van der Waals surface area contributed by atoms with Gasteiger partial charge in [0.15, 0.2) is 11.6 Å². The maximum Gasteiger partial charge on any atom is 0.265 e. The van der Waals surface area contributed by atoms with Gasteiger partial charge in [0.2, 0.25) is 0 Å². The fourth-order valence-corrected chi connectivity index (χ4v) is 4.40. The summed E-state index contributed by atoms with van der Waals surface area (Å²) in [6.45, 7) is 7.55. The van der Waals surface area contributed by atoms with Gasteiger partial charge in [-0.3, -0.25) is 9.59 Å². The van der Waals surface area contributed by atoms with Crippen LogP contribution in [0.25, 0.3) is 0 Å². The minimum absolute atomic E-state index is 0.0649. The Hall–Kier alpha value is -2.35. The van der Waals surface area contributed by atoms with E-state index in [1.54, 1.807) is 9.80 Å². The van der Waals surface area contributed by atoms with Gasteiger partial charge in [0.25, 0.3) is 11.8 Å². The Morgan fingerprint density at radius 1 is 1.07 bits per heavy atom. The summed E-state index contributed by atoms with van der Waals surface area (Å²) in [4.78, 5) is 33.8. The van der Waals surface area contributed by atoms with Gasteiger partial charge < -0.3 is 9.80 Å². The molecule has 2 aromatic rings. The molecule has 0 unspecified atom stereocenters. The van der Waals surface area contributed by atoms with E-state index in [4.69, 9.17) is 0 Å². The van der Waals surface area contributed by atoms with E-state index in [1.165, 1.54) is 17.4 Å². The molecule has 0 N–H and O–H groups in total. The first-order valence-electron chi connectivity index (χ1n) is 9.26. The molecule has 2 heterocycles. The van der Waals surface area contributed by atoms with Gasteiger partial charge in [-0.15, -0.1) is 11.3 Å². The lowest BCUT2D eigenvalue weighted by molar-refractivity contribution is 0.0537. The van der Waals surface area contributed by atoms with Gasteiger partial charge in [0.1, 0.15) is 4.88 Å². The number of halogens is 2. The summed E-state index contributed by atoms with van der Waals surface area (Å²) in [6.07, 6.45) is 0.843. The summed E-state index contributed by atoms with van der Waals surface area (Å²) in [5, 5.41) is 0.961. The number of piperazine rings is 1. The van der Waals surface area contributed by atoms with Gasteiger partial charge in [0, 0.05) is 38.2 Å². The molecule has 1 aromatic heterocycles. The predicted octanol–water partition coefficient (Wildman–Crippen LogP) is 3.53. The zero-order valence-electron chi connectivity index (χ0n) is 16.2. The number of aromatic nitrogens is 1. The smallest absolute Gasteiger partial charge is 0.265 e. The third kappa shape index (κ3) is 4.38. The normalized spacial score (nSPS) is 14.6. The number of benzene rings is 1. The Morgan fingerprint density at radius 2 is 1.68 bits per heavy atom. The summed E-state index contributed by atoms with van der Waals surface area (Å²) in [6, 6.07) is 3.13. The highest BCUT2D eigenvalue weighted by molar-refractivity contribution is 7.13. The van der Waals surface area contributed by atoms with Gasteiger partial charge in [-0.25, -0.2) is 13.8 Å². The van der Waals surface area contributed by atoms with Gasteiger partial charge in [-0.2, -0.15) is 0 Å². The summed E-state index contributed by atoms with van der Waals surface area (Å²) < 4.78 is 26.4. The Bertz CT molecular complexity index is 890. The highest BCUT2D eigenvalue weighted by Gasteiger charge is 2.28. The maximum absolute atomic E-state index is 13.4. The maximum atomic E-state index is 13.4. The molecule has 5 nitrogen and oxygen atoms in total. The van der Waals surface area contributed by atoms with Crippen LogP contribution in [-0.4, -0.2) is 52.8 Å². The van der Waals surface area contributed by atoms with Gasteiger partial charge in [-0.1, -0.05) is 13.8 Å². The molecule has 150 valence electrons. The van der Waals surface area contributed by atoms with E-state index in [0.717, 1.165) is 29.3 Å². The first-order chi connectivity index (χ1) is 13.3. The van der Waals surface area contributed by atoms with Crippen LogP contribution in [0.4, 0.5) is 8.78 Å². The number of amides is 2. The Labute approximate surface area is 167 Å². The largest absolute Gasteiger partial charge is 0.335 e. The molecule has 1 aliphatic heterocycles. The Kier molecular flexibility index (Phi) is 6.07. The van der Waals surface area contributed by atoms with Crippen LogP contribution in [0.5, 0.6) is 0 Å². The lowest BCUT2D eigenvalue weighted by atomic mass is 10.1. The lowest BCUT2D eigenvalue weighted by Gasteiger charge is -2.34. The highest BCUT2D eigenvalue weighted by atomic mass is 32.1. The van der Waals surface area contributed by atoms with Crippen LogP contribution in [0.1, 0.15) is 44.6 Å². The number of rotatable bonds is 4. The Morgan fingerprint density at radius 3 is 2.25 bits per heavy atom. The summed E-state index contributed by atoms with van der Waals surface area (Å²) >= 11 is 1.44. The van der Waals surface area contributed by atoms with Crippen LogP contribution in [-0.2, 0) is 6.42 Å². The predicted molar refractivity (Wildman–Crippen MR) is 104 cm³/mol. The molecule has 0 bridgehead atoms. The molecular formula is C20H23F2N3O2S. The summed E-state index contributed by atoms with van der Waals surface area (Å²) in [5.74, 6) is -1.98. The molecule has 1 aliphatic rings. The quantitative estimate of drug-likeness (QED) is 0.779. The molecule has 8 heteroatoms. The summed E-state index contributed by atoms with van der Waals surface area (Å²) in [5.41, 5.74) is 0.848. The van der Waals surface area contributed by atoms with Gasteiger partial charge in [-0.05, 0) is 31.0 Å². The van der Waals surface area contributed by atoms with Crippen LogP contribution in [0.2, 0.25) is 0 Å². The van der Waals surface area contributed by atoms with E-state index in [2.05, 4.69) is 18.8 Å². The van der Waals surface area contributed by atoms with Crippen molar-refractivity contribution in [3.05, 3.63) is 51.0 Å². The van der Waals surface area contributed by atoms with Crippen molar-refractivity contribution < 1.29 is 18.4 Å². The van der Waals surface area contributed by atoms with Crippen LogP contribution < -0.4 is 0 Å². The number of hydrogen-bond acceptors (Lipinski definition) is 4. The van der Waals surface area contributed by atoms with Gasteiger partial charge >= 0.3 is 0 Å². The summed E-state index contributed by atoms with van der Waals surface area (Å²) in [7, 11) is 0. The first-order valence-corrected chi connectivity index (χ1v) is 10.1.